The van der Waals surface area contributed by atoms with Gasteiger partial charge in [0.05, 0.1) is 17.6 Å². The van der Waals surface area contributed by atoms with E-state index in [0.717, 1.165) is 12.3 Å². The maximum Gasteiger partial charge on any atom is 0.258 e. The molecule has 2 aromatic rings. The quantitative estimate of drug-likeness (QED) is 0.938. The van der Waals surface area contributed by atoms with Crippen molar-refractivity contribution >= 4 is 21.4 Å². The van der Waals surface area contributed by atoms with E-state index in [9.17, 15) is 17.6 Å². The van der Waals surface area contributed by atoms with Gasteiger partial charge < -0.3 is 10.1 Å². The highest BCUT2D eigenvalue weighted by Crippen LogP contribution is 2.19. The van der Waals surface area contributed by atoms with Crippen molar-refractivity contribution in [1.29, 1.82) is 0 Å². The molecular weight excluding hydrogens is 309 g/mol. The molecule has 2 rings (SSSR count). The number of ether oxygens (including phenoxy) is 1. The molecule has 0 aliphatic rings. The Morgan fingerprint density at radius 3 is 2.50 bits per heavy atom. The number of hydrogen-bond acceptors (Lipinski definition) is 4. The van der Waals surface area contributed by atoms with Crippen molar-refractivity contribution in [3.8, 4) is 5.75 Å². The van der Waals surface area contributed by atoms with Crippen LogP contribution in [0.5, 0.6) is 5.75 Å². The van der Waals surface area contributed by atoms with Crippen molar-refractivity contribution in [2.24, 2.45) is 0 Å². The second-order valence-corrected chi connectivity index (χ2v) is 6.62. The van der Waals surface area contributed by atoms with Gasteiger partial charge in [-0.3, -0.25) is 4.79 Å². The normalized spacial score (nSPS) is 11.0. The van der Waals surface area contributed by atoms with Crippen molar-refractivity contribution < 1.29 is 22.3 Å². The summed E-state index contributed by atoms with van der Waals surface area (Å²) in [4.78, 5) is 12.1. The Morgan fingerprint density at radius 1 is 1.18 bits per heavy atom. The van der Waals surface area contributed by atoms with Gasteiger partial charge in [0, 0.05) is 18.0 Å². The lowest BCUT2D eigenvalue weighted by Gasteiger charge is -2.08. The van der Waals surface area contributed by atoms with Gasteiger partial charge in [-0.2, -0.15) is 0 Å². The zero-order chi connectivity index (χ0) is 16.3. The van der Waals surface area contributed by atoms with Gasteiger partial charge in [0.15, 0.2) is 9.84 Å². The molecule has 1 amide bonds. The van der Waals surface area contributed by atoms with E-state index in [1.54, 1.807) is 0 Å². The van der Waals surface area contributed by atoms with E-state index in [-0.39, 0.29) is 16.1 Å². The van der Waals surface area contributed by atoms with E-state index in [1.807, 2.05) is 0 Å². The standard InChI is InChI=1S/C15H14FNO4S/c1-21-11-6-7-13(14(16)9-11)15(18)17-10-4-3-5-12(8-10)22(2,19)20/h3-9H,1-2H3,(H,17,18). The Morgan fingerprint density at radius 2 is 1.91 bits per heavy atom. The van der Waals surface area contributed by atoms with Crippen LogP contribution in [0, 0.1) is 5.82 Å². The fraction of sp³-hybridized carbons (Fsp3) is 0.133. The molecule has 0 spiro atoms. The highest BCUT2D eigenvalue weighted by molar-refractivity contribution is 7.90. The lowest BCUT2D eigenvalue weighted by Crippen LogP contribution is -2.14. The smallest absolute Gasteiger partial charge is 0.258 e. The molecule has 0 aliphatic heterocycles. The molecule has 0 atom stereocenters. The molecule has 1 N–H and O–H groups in total. The van der Waals surface area contributed by atoms with Gasteiger partial charge in [-0.1, -0.05) is 6.07 Å². The Balaban J connectivity index is 2.26. The molecule has 5 nitrogen and oxygen atoms in total. The molecule has 2 aromatic carbocycles. The molecule has 0 aromatic heterocycles. The molecular formula is C15H14FNO4S. The maximum absolute atomic E-state index is 13.8. The topological polar surface area (TPSA) is 72.5 Å². The minimum Gasteiger partial charge on any atom is -0.497 e. The summed E-state index contributed by atoms with van der Waals surface area (Å²) < 4.78 is 41.6. The molecule has 0 bridgehead atoms. The lowest BCUT2D eigenvalue weighted by molar-refractivity contribution is 0.102. The Bertz CT molecular complexity index is 818. The molecule has 0 aliphatic carbocycles. The Labute approximate surface area is 127 Å². The molecule has 0 radical (unpaired) electrons. The molecule has 22 heavy (non-hydrogen) atoms. The summed E-state index contributed by atoms with van der Waals surface area (Å²) in [6.45, 7) is 0. The zero-order valence-electron chi connectivity index (χ0n) is 12.0. The van der Waals surface area contributed by atoms with Crippen LogP contribution in [0.15, 0.2) is 47.4 Å². The van der Waals surface area contributed by atoms with Gasteiger partial charge in [0.25, 0.3) is 5.91 Å². The fourth-order valence-corrected chi connectivity index (χ4v) is 2.48. The predicted octanol–water partition coefficient (Wildman–Crippen LogP) is 2.49. The third-order valence-electron chi connectivity index (χ3n) is 2.94. The number of carbonyl (C=O) groups excluding carboxylic acids is 1. The maximum atomic E-state index is 13.8. The van der Waals surface area contributed by atoms with Gasteiger partial charge in [0.1, 0.15) is 11.6 Å². The first-order chi connectivity index (χ1) is 10.3. The van der Waals surface area contributed by atoms with Crippen LogP contribution in [0.3, 0.4) is 0 Å². The van der Waals surface area contributed by atoms with Crippen LogP contribution in [0.4, 0.5) is 10.1 Å². The summed E-state index contributed by atoms with van der Waals surface area (Å²) in [6, 6.07) is 9.61. The van der Waals surface area contributed by atoms with Crippen LogP contribution in [-0.4, -0.2) is 27.7 Å². The van der Waals surface area contributed by atoms with Crippen LogP contribution in [0.25, 0.3) is 0 Å². The molecule has 0 heterocycles. The minimum absolute atomic E-state index is 0.0699. The van der Waals surface area contributed by atoms with Crippen LogP contribution in [-0.2, 0) is 9.84 Å². The Hall–Kier alpha value is -2.41. The highest BCUT2D eigenvalue weighted by atomic mass is 32.2. The van der Waals surface area contributed by atoms with Crippen molar-refractivity contribution in [2.45, 2.75) is 4.90 Å². The van der Waals surface area contributed by atoms with Crippen molar-refractivity contribution in [1.82, 2.24) is 0 Å². The number of halogens is 1. The van der Waals surface area contributed by atoms with Crippen LogP contribution in [0.1, 0.15) is 10.4 Å². The first-order valence-electron chi connectivity index (χ1n) is 6.26. The summed E-state index contributed by atoms with van der Waals surface area (Å²) in [5, 5.41) is 2.46. The predicted molar refractivity (Wildman–Crippen MR) is 80.5 cm³/mol. The van der Waals surface area contributed by atoms with Gasteiger partial charge >= 0.3 is 0 Å². The SMILES string of the molecule is COc1ccc(C(=O)Nc2cccc(S(C)(=O)=O)c2)c(F)c1. The van der Waals surface area contributed by atoms with Crippen LogP contribution < -0.4 is 10.1 Å². The molecule has 0 fully saturated rings. The Kier molecular flexibility index (Phi) is 4.46. The molecule has 0 saturated heterocycles. The fourth-order valence-electron chi connectivity index (χ4n) is 1.81. The average molecular weight is 323 g/mol. The van der Waals surface area contributed by atoms with Crippen LogP contribution in [0.2, 0.25) is 0 Å². The number of benzene rings is 2. The number of sulfone groups is 1. The number of anilines is 1. The highest BCUT2D eigenvalue weighted by Gasteiger charge is 2.14. The van der Waals surface area contributed by atoms with E-state index in [0.29, 0.717) is 5.75 Å². The molecule has 0 saturated carbocycles. The minimum atomic E-state index is -3.38. The van der Waals surface area contributed by atoms with Gasteiger partial charge in [-0.05, 0) is 30.3 Å². The second-order valence-electron chi connectivity index (χ2n) is 4.60. The van der Waals surface area contributed by atoms with E-state index >= 15 is 0 Å². The molecule has 7 heteroatoms. The number of rotatable bonds is 4. The summed E-state index contributed by atoms with van der Waals surface area (Å²) >= 11 is 0. The van der Waals surface area contributed by atoms with E-state index in [1.165, 1.54) is 43.5 Å². The van der Waals surface area contributed by atoms with E-state index < -0.39 is 21.6 Å². The summed E-state index contributed by atoms with van der Waals surface area (Å²) in [5.74, 6) is -1.10. The summed E-state index contributed by atoms with van der Waals surface area (Å²) in [6.07, 6.45) is 1.07. The first kappa shape index (κ1) is 16.0. The third kappa shape index (κ3) is 3.62. The molecule has 0 unspecified atom stereocenters. The number of amides is 1. The second kappa shape index (κ2) is 6.15. The van der Waals surface area contributed by atoms with Gasteiger partial charge in [0.2, 0.25) is 0 Å². The van der Waals surface area contributed by atoms with E-state index in [4.69, 9.17) is 4.74 Å². The summed E-state index contributed by atoms with van der Waals surface area (Å²) in [5.41, 5.74) is 0.105. The van der Waals surface area contributed by atoms with Crippen molar-refractivity contribution in [2.75, 3.05) is 18.7 Å². The van der Waals surface area contributed by atoms with Crippen LogP contribution >= 0.6 is 0 Å². The van der Waals surface area contributed by atoms with Gasteiger partial charge in [-0.15, -0.1) is 0 Å². The molecule has 116 valence electrons. The van der Waals surface area contributed by atoms with E-state index in [2.05, 4.69) is 5.32 Å². The third-order valence-corrected chi connectivity index (χ3v) is 4.05. The van der Waals surface area contributed by atoms with Gasteiger partial charge in [-0.25, -0.2) is 12.8 Å². The lowest BCUT2D eigenvalue weighted by atomic mass is 10.2. The zero-order valence-corrected chi connectivity index (χ0v) is 12.8. The number of methoxy groups -OCH3 is 1. The number of nitrogens with one attached hydrogen (secondary N) is 1. The summed E-state index contributed by atoms with van der Waals surface area (Å²) in [7, 11) is -1.99. The van der Waals surface area contributed by atoms with Crippen molar-refractivity contribution in [3.63, 3.8) is 0 Å². The monoisotopic (exact) mass is 323 g/mol. The number of carbonyl (C=O) groups is 1. The average Bonchev–Trinajstić information content (AvgIpc) is 2.46. The number of hydrogen-bond donors (Lipinski definition) is 1. The largest absolute Gasteiger partial charge is 0.497 e. The first-order valence-corrected chi connectivity index (χ1v) is 8.15. The van der Waals surface area contributed by atoms with Crippen molar-refractivity contribution in [3.05, 3.63) is 53.8 Å².